The van der Waals surface area contributed by atoms with Crippen LogP contribution in [0.25, 0.3) is 0 Å². The summed E-state index contributed by atoms with van der Waals surface area (Å²) in [7, 11) is 9.13. The number of nitrogens with zero attached hydrogens (tertiary/aromatic N) is 2. The highest BCUT2D eigenvalue weighted by Gasteiger charge is 2.13. The quantitative estimate of drug-likeness (QED) is 0.193. The van der Waals surface area contributed by atoms with Crippen molar-refractivity contribution in [1.82, 2.24) is 0 Å². The largest absolute Gasteiger partial charge is 1.00 e. The summed E-state index contributed by atoms with van der Waals surface area (Å²) in [6, 6.07) is 0. The highest BCUT2D eigenvalue weighted by atomic mass is 79.9. The van der Waals surface area contributed by atoms with Gasteiger partial charge in [0.25, 0.3) is 0 Å². The van der Waals surface area contributed by atoms with Crippen LogP contribution in [0.4, 0.5) is 0 Å². The molecule has 0 amide bonds. The van der Waals surface area contributed by atoms with E-state index < -0.39 is 0 Å². The highest BCUT2D eigenvalue weighted by molar-refractivity contribution is 4.65. The minimum absolute atomic E-state index is 0. The first kappa shape index (κ1) is 25.3. The van der Waals surface area contributed by atoms with Crippen molar-refractivity contribution in [2.75, 3.05) is 54.4 Å². The van der Waals surface area contributed by atoms with Crippen LogP contribution < -0.4 is 34.0 Å². The number of hydrogen-bond donors (Lipinski definition) is 0. The van der Waals surface area contributed by atoms with Gasteiger partial charge < -0.3 is 42.9 Å². The van der Waals surface area contributed by atoms with Gasteiger partial charge in [0.2, 0.25) is 0 Å². The number of unbranched alkanes of at least 4 members (excludes halogenated alkanes) is 3. The molecule has 0 aliphatic heterocycles. The Kier molecular flexibility index (Phi) is 16.5. The molecular weight excluding hydrogens is 380 g/mol. The second-order valence-corrected chi connectivity index (χ2v) is 6.68. The maximum Gasteiger partial charge on any atom is 0.0966 e. The molecule has 0 fully saturated rings. The molecule has 0 aliphatic carbocycles. The van der Waals surface area contributed by atoms with Gasteiger partial charge in [-0.1, -0.05) is 13.2 Å². The summed E-state index contributed by atoms with van der Waals surface area (Å²) in [6.07, 6.45) is 9.41. The number of rotatable bonds is 11. The number of halogens is 2. The van der Waals surface area contributed by atoms with E-state index in [-0.39, 0.29) is 34.0 Å². The van der Waals surface area contributed by atoms with E-state index >= 15 is 0 Å². The molecule has 0 rings (SSSR count). The van der Waals surface area contributed by atoms with Gasteiger partial charge in [0.15, 0.2) is 0 Å². The topological polar surface area (TPSA) is 0 Å². The average molecular weight is 414 g/mol. The molecule has 2 nitrogen and oxygen atoms in total. The maximum absolute atomic E-state index is 3.82. The monoisotopic (exact) mass is 412 g/mol. The first-order valence-electron chi connectivity index (χ1n) is 7.19. The van der Waals surface area contributed by atoms with Crippen molar-refractivity contribution in [2.45, 2.75) is 25.7 Å². The zero-order valence-corrected chi connectivity index (χ0v) is 17.0. The van der Waals surface area contributed by atoms with E-state index in [0.717, 1.165) is 22.1 Å². The molecular formula is C16H34Br2N2. The van der Waals surface area contributed by atoms with Gasteiger partial charge in [0, 0.05) is 0 Å². The highest BCUT2D eigenvalue weighted by Crippen LogP contribution is 2.08. The molecule has 0 aromatic rings. The Labute approximate surface area is 148 Å². The molecule has 4 heteroatoms. The lowest BCUT2D eigenvalue weighted by atomic mass is 10.1. The lowest BCUT2D eigenvalue weighted by Crippen LogP contribution is -3.00. The van der Waals surface area contributed by atoms with Gasteiger partial charge in [-0.15, -0.1) is 0 Å². The normalized spacial score (nSPS) is 11.2. The lowest BCUT2D eigenvalue weighted by Gasteiger charge is -2.29. The Morgan fingerprint density at radius 3 is 1.20 bits per heavy atom. The molecule has 0 radical (unpaired) electrons. The first-order valence-corrected chi connectivity index (χ1v) is 7.19. The number of quaternary nitrogens is 2. The fourth-order valence-electron chi connectivity index (χ4n) is 2.31. The van der Waals surface area contributed by atoms with Gasteiger partial charge in [-0.05, 0) is 37.8 Å². The summed E-state index contributed by atoms with van der Waals surface area (Å²) < 4.78 is 2.14. The van der Waals surface area contributed by atoms with Crippen molar-refractivity contribution in [2.24, 2.45) is 0 Å². The van der Waals surface area contributed by atoms with Crippen LogP contribution in [0.2, 0.25) is 0 Å². The van der Waals surface area contributed by atoms with Crippen molar-refractivity contribution in [1.29, 1.82) is 0 Å². The van der Waals surface area contributed by atoms with Crippen molar-refractivity contribution in [3.05, 3.63) is 25.3 Å². The Morgan fingerprint density at radius 1 is 0.650 bits per heavy atom. The average Bonchev–Trinajstić information content (AvgIpc) is 2.22. The van der Waals surface area contributed by atoms with E-state index in [0.29, 0.717) is 0 Å². The molecule has 0 saturated heterocycles. The minimum Gasteiger partial charge on any atom is -1.00 e. The van der Waals surface area contributed by atoms with E-state index in [4.69, 9.17) is 0 Å². The summed E-state index contributed by atoms with van der Waals surface area (Å²) >= 11 is 0. The summed E-state index contributed by atoms with van der Waals surface area (Å²) in [4.78, 5) is 0. The third-order valence-corrected chi connectivity index (χ3v) is 3.52. The molecule has 122 valence electrons. The maximum atomic E-state index is 3.82. The SMILES string of the molecule is C=CC[N+](C)(C)CCCCCC[N+](C)(C)CC=C.[Br-].[Br-]. The summed E-state index contributed by atoms with van der Waals surface area (Å²) in [5.74, 6) is 0. The molecule has 0 aliphatic rings. The Hall–Kier alpha value is 0.360. The van der Waals surface area contributed by atoms with Crippen LogP contribution in [0.5, 0.6) is 0 Å². The van der Waals surface area contributed by atoms with Gasteiger partial charge in [-0.3, -0.25) is 0 Å². The van der Waals surface area contributed by atoms with Crippen LogP contribution >= 0.6 is 0 Å². The Bertz CT molecular complexity index is 225. The van der Waals surface area contributed by atoms with E-state index in [1.807, 2.05) is 12.2 Å². The minimum atomic E-state index is 0. The molecule has 0 heterocycles. The number of hydrogen-bond acceptors (Lipinski definition) is 0. The Balaban J connectivity index is -0.00000144. The zero-order valence-electron chi connectivity index (χ0n) is 13.9. The smallest absolute Gasteiger partial charge is 0.0966 e. The van der Waals surface area contributed by atoms with Gasteiger partial charge in [-0.2, -0.15) is 0 Å². The second kappa shape index (κ2) is 13.1. The first-order chi connectivity index (χ1) is 8.33. The van der Waals surface area contributed by atoms with Crippen molar-refractivity contribution in [3.8, 4) is 0 Å². The van der Waals surface area contributed by atoms with Crippen LogP contribution in [-0.2, 0) is 0 Å². The Morgan fingerprint density at radius 2 is 0.950 bits per heavy atom. The molecule has 0 atom stereocenters. The number of likely N-dealkylation sites (N-methyl/N-ethyl adjacent to an activating group) is 2. The third-order valence-electron chi connectivity index (χ3n) is 3.52. The van der Waals surface area contributed by atoms with Gasteiger partial charge in [0.05, 0.1) is 54.4 Å². The van der Waals surface area contributed by atoms with E-state index in [9.17, 15) is 0 Å². The van der Waals surface area contributed by atoms with Crippen LogP contribution in [0.15, 0.2) is 25.3 Å². The van der Waals surface area contributed by atoms with Crippen LogP contribution in [0, 0.1) is 0 Å². The van der Waals surface area contributed by atoms with Gasteiger partial charge >= 0.3 is 0 Å². The molecule has 0 unspecified atom stereocenters. The molecule has 0 aromatic heterocycles. The van der Waals surface area contributed by atoms with Gasteiger partial charge in [0.1, 0.15) is 0 Å². The molecule has 0 saturated carbocycles. The predicted octanol–water partition coefficient (Wildman–Crippen LogP) is -2.92. The molecule has 0 spiro atoms. The lowest BCUT2D eigenvalue weighted by molar-refractivity contribution is -0.885. The second-order valence-electron chi connectivity index (χ2n) is 6.68. The summed E-state index contributed by atoms with van der Waals surface area (Å²) in [5.41, 5.74) is 0. The fourth-order valence-corrected chi connectivity index (χ4v) is 2.31. The van der Waals surface area contributed by atoms with E-state index in [2.05, 4.69) is 41.3 Å². The van der Waals surface area contributed by atoms with Crippen molar-refractivity contribution in [3.63, 3.8) is 0 Å². The standard InChI is InChI=1S/C16H34N2.2BrH/c1-7-13-17(3,4)15-11-9-10-12-16-18(5,6)14-8-2;;/h7-8H,1-2,9-16H2,3-6H3;2*1H/q+2;;/p-2. The third kappa shape index (κ3) is 14.8. The summed E-state index contributed by atoms with van der Waals surface area (Å²) in [6.45, 7) is 12.3. The molecule has 0 N–H and O–H groups in total. The van der Waals surface area contributed by atoms with Crippen molar-refractivity contribution >= 4 is 0 Å². The van der Waals surface area contributed by atoms with Crippen LogP contribution in [0.1, 0.15) is 25.7 Å². The van der Waals surface area contributed by atoms with Gasteiger partial charge in [-0.25, -0.2) is 0 Å². The molecule has 0 bridgehead atoms. The zero-order chi connectivity index (χ0) is 14.1. The predicted molar refractivity (Wildman–Crippen MR) is 82.5 cm³/mol. The van der Waals surface area contributed by atoms with Crippen molar-refractivity contribution < 1.29 is 42.9 Å². The van der Waals surface area contributed by atoms with Crippen LogP contribution in [-0.4, -0.2) is 63.3 Å². The van der Waals surface area contributed by atoms with E-state index in [1.165, 1.54) is 38.8 Å². The molecule has 0 aromatic carbocycles. The van der Waals surface area contributed by atoms with Crippen LogP contribution in [0.3, 0.4) is 0 Å². The fraction of sp³-hybridized carbons (Fsp3) is 0.750. The van der Waals surface area contributed by atoms with E-state index in [1.54, 1.807) is 0 Å². The molecule has 20 heavy (non-hydrogen) atoms. The summed E-state index contributed by atoms with van der Waals surface area (Å²) in [5, 5.41) is 0.